The number of halogens is 1. The lowest BCUT2D eigenvalue weighted by atomic mass is 10.0. The van der Waals surface area contributed by atoms with E-state index in [1.54, 1.807) is 24.3 Å². The van der Waals surface area contributed by atoms with Crippen molar-refractivity contribution < 1.29 is 14.3 Å². The second-order valence-electron chi connectivity index (χ2n) is 4.66. The molecule has 1 unspecified atom stereocenters. The SMILES string of the molecule is CC(=O)NC(C(=O)OCc1ccc(Cl)cc1)C(C)C. The highest BCUT2D eigenvalue weighted by Gasteiger charge is 2.24. The van der Waals surface area contributed by atoms with Crippen LogP contribution in [-0.2, 0) is 20.9 Å². The van der Waals surface area contributed by atoms with Crippen LogP contribution in [0.1, 0.15) is 26.3 Å². The standard InChI is InChI=1S/C14H18ClNO3/c1-9(2)13(16-10(3)17)14(18)19-8-11-4-6-12(15)7-5-11/h4-7,9,13H,8H2,1-3H3,(H,16,17). The van der Waals surface area contributed by atoms with E-state index in [1.165, 1.54) is 6.92 Å². The minimum absolute atomic E-state index is 0.0263. The highest BCUT2D eigenvalue weighted by molar-refractivity contribution is 6.30. The molecular weight excluding hydrogens is 266 g/mol. The Labute approximate surface area is 118 Å². The summed E-state index contributed by atoms with van der Waals surface area (Å²) in [6.45, 7) is 5.25. The minimum atomic E-state index is -0.621. The molecular formula is C14H18ClNO3. The number of nitrogens with one attached hydrogen (secondary N) is 1. The third kappa shape index (κ3) is 5.30. The lowest BCUT2D eigenvalue weighted by Gasteiger charge is -2.20. The lowest BCUT2D eigenvalue weighted by Crippen LogP contribution is -2.44. The molecule has 4 nitrogen and oxygen atoms in total. The number of amides is 1. The van der Waals surface area contributed by atoms with Gasteiger partial charge in [-0.25, -0.2) is 4.79 Å². The van der Waals surface area contributed by atoms with Crippen molar-refractivity contribution in [2.45, 2.75) is 33.4 Å². The molecule has 0 saturated carbocycles. The number of esters is 1. The molecule has 1 aromatic rings. The first-order valence-electron chi connectivity index (χ1n) is 6.08. The number of hydrogen-bond acceptors (Lipinski definition) is 3. The highest BCUT2D eigenvalue weighted by atomic mass is 35.5. The van der Waals surface area contributed by atoms with Crippen LogP contribution in [0.3, 0.4) is 0 Å². The van der Waals surface area contributed by atoms with E-state index in [0.29, 0.717) is 5.02 Å². The number of ether oxygens (including phenoxy) is 1. The number of carbonyl (C=O) groups excluding carboxylic acids is 2. The molecule has 19 heavy (non-hydrogen) atoms. The summed E-state index contributed by atoms with van der Waals surface area (Å²) in [5, 5.41) is 3.22. The fraction of sp³-hybridized carbons (Fsp3) is 0.429. The Morgan fingerprint density at radius 1 is 1.26 bits per heavy atom. The van der Waals surface area contributed by atoms with Gasteiger partial charge in [-0.15, -0.1) is 0 Å². The largest absolute Gasteiger partial charge is 0.459 e. The predicted molar refractivity (Wildman–Crippen MR) is 73.7 cm³/mol. The van der Waals surface area contributed by atoms with Crippen molar-refractivity contribution in [3.05, 3.63) is 34.9 Å². The van der Waals surface area contributed by atoms with E-state index in [-0.39, 0.29) is 18.4 Å². The molecule has 0 spiro atoms. The maximum atomic E-state index is 11.9. The number of rotatable bonds is 5. The quantitative estimate of drug-likeness (QED) is 0.845. The fourth-order valence-corrected chi connectivity index (χ4v) is 1.67. The lowest BCUT2D eigenvalue weighted by molar-refractivity contribution is -0.150. The summed E-state index contributed by atoms with van der Waals surface area (Å²) in [5.74, 6) is -0.705. The predicted octanol–water partition coefficient (Wildman–Crippen LogP) is 2.54. The maximum Gasteiger partial charge on any atom is 0.329 e. The van der Waals surface area contributed by atoms with Crippen LogP contribution in [-0.4, -0.2) is 17.9 Å². The van der Waals surface area contributed by atoms with Crippen LogP contribution in [0.5, 0.6) is 0 Å². The second kappa shape index (κ2) is 7.14. The van der Waals surface area contributed by atoms with Gasteiger partial charge in [-0.3, -0.25) is 4.79 Å². The Hall–Kier alpha value is -1.55. The summed E-state index contributed by atoms with van der Waals surface area (Å²) in [7, 11) is 0. The van der Waals surface area contributed by atoms with Crippen molar-refractivity contribution in [2.75, 3.05) is 0 Å². The minimum Gasteiger partial charge on any atom is -0.459 e. The summed E-state index contributed by atoms with van der Waals surface area (Å²) in [4.78, 5) is 22.9. The first kappa shape index (κ1) is 15.5. The van der Waals surface area contributed by atoms with Crippen molar-refractivity contribution in [1.82, 2.24) is 5.32 Å². The summed E-state index contributed by atoms with van der Waals surface area (Å²) in [5.41, 5.74) is 0.850. The summed E-state index contributed by atoms with van der Waals surface area (Å²) >= 11 is 5.77. The van der Waals surface area contributed by atoms with Gasteiger partial charge in [0.2, 0.25) is 5.91 Å². The zero-order valence-corrected chi connectivity index (χ0v) is 12.0. The van der Waals surface area contributed by atoms with Crippen LogP contribution in [0, 0.1) is 5.92 Å². The maximum absolute atomic E-state index is 11.9. The van der Waals surface area contributed by atoms with Crippen LogP contribution >= 0.6 is 11.6 Å². The third-order valence-electron chi connectivity index (χ3n) is 2.57. The Bertz CT molecular complexity index is 443. The number of carbonyl (C=O) groups is 2. The van der Waals surface area contributed by atoms with Gasteiger partial charge in [-0.05, 0) is 23.6 Å². The van der Waals surface area contributed by atoms with E-state index >= 15 is 0 Å². The molecule has 0 bridgehead atoms. The molecule has 0 heterocycles. The van der Waals surface area contributed by atoms with E-state index in [1.807, 2.05) is 13.8 Å². The normalized spacial score (nSPS) is 12.1. The van der Waals surface area contributed by atoms with Gasteiger partial charge in [-0.2, -0.15) is 0 Å². The second-order valence-corrected chi connectivity index (χ2v) is 5.09. The van der Waals surface area contributed by atoms with Crippen molar-refractivity contribution in [3.63, 3.8) is 0 Å². The molecule has 1 atom stereocenters. The van der Waals surface area contributed by atoms with Gasteiger partial charge in [0.1, 0.15) is 12.6 Å². The Kier molecular flexibility index (Phi) is 5.83. The van der Waals surface area contributed by atoms with Crippen molar-refractivity contribution in [3.8, 4) is 0 Å². The molecule has 0 aromatic heterocycles. The van der Waals surface area contributed by atoms with Gasteiger partial charge < -0.3 is 10.1 Å². The molecule has 0 aliphatic carbocycles. The van der Waals surface area contributed by atoms with Crippen LogP contribution in [0.25, 0.3) is 0 Å². The van der Waals surface area contributed by atoms with E-state index in [0.717, 1.165) is 5.56 Å². The summed E-state index contributed by atoms with van der Waals surface area (Å²) in [6.07, 6.45) is 0. The molecule has 0 aliphatic heterocycles. The molecule has 0 radical (unpaired) electrons. The molecule has 0 saturated heterocycles. The van der Waals surface area contributed by atoms with Gasteiger partial charge in [0.05, 0.1) is 0 Å². The zero-order valence-electron chi connectivity index (χ0n) is 11.3. The topological polar surface area (TPSA) is 55.4 Å². The van der Waals surface area contributed by atoms with Gasteiger partial charge in [0.15, 0.2) is 0 Å². The third-order valence-corrected chi connectivity index (χ3v) is 2.83. The molecule has 1 rings (SSSR count). The van der Waals surface area contributed by atoms with Crippen LogP contribution in [0.4, 0.5) is 0 Å². The Morgan fingerprint density at radius 3 is 2.32 bits per heavy atom. The Morgan fingerprint density at radius 2 is 1.84 bits per heavy atom. The monoisotopic (exact) mass is 283 g/mol. The number of hydrogen-bond donors (Lipinski definition) is 1. The molecule has 0 fully saturated rings. The van der Waals surface area contributed by atoms with Gasteiger partial charge >= 0.3 is 5.97 Å². The average Bonchev–Trinajstić information content (AvgIpc) is 2.34. The first-order chi connectivity index (χ1) is 8.90. The smallest absolute Gasteiger partial charge is 0.329 e. The van der Waals surface area contributed by atoms with E-state index in [9.17, 15) is 9.59 Å². The molecule has 5 heteroatoms. The van der Waals surface area contributed by atoms with Crippen molar-refractivity contribution in [2.24, 2.45) is 5.92 Å². The van der Waals surface area contributed by atoms with Crippen molar-refractivity contribution >= 4 is 23.5 Å². The van der Waals surface area contributed by atoms with Crippen LogP contribution in [0.15, 0.2) is 24.3 Å². The van der Waals surface area contributed by atoms with Gasteiger partial charge in [-0.1, -0.05) is 37.6 Å². The van der Waals surface area contributed by atoms with Crippen molar-refractivity contribution in [1.29, 1.82) is 0 Å². The molecule has 1 N–H and O–H groups in total. The van der Waals surface area contributed by atoms with E-state index in [4.69, 9.17) is 16.3 Å². The van der Waals surface area contributed by atoms with Crippen LogP contribution in [0.2, 0.25) is 5.02 Å². The fourth-order valence-electron chi connectivity index (χ4n) is 1.54. The average molecular weight is 284 g/mol. The highest BCUT2D eigenvalue weighted by Crippen LogP contribution is 2.11. The number of benzene rings is 1. The Balaban J connectivity index is 2.57. The zero-order chi connectivity index (χ0) is 14.4. The van der Waals surface area contributed by atoms with Crippen LogP contribution < -0.4 is 5.32 Å². The van der Waals surface area contributed by atoms with E-state index in [2.05, 4.69) is 5.32 Å². The van der Waals surface area contributed by atoms with Gasteiger partial charge in [0.25, 0.3) is 0 Å². The molecule has 104 valence electrons. The van der Waals surface area contributed by atoms with E-state index < -0.39 is 12.0 Å². The summed E-state index contributed by atoms with van der Waals surface area (Å²) < 4.78 is 5.20. The molecule has 1 amide bonds. The molecule has 0 aliphatic rings. The first-order valence-corrected chi connectivity index (χ1v) is 6.46. The summed E-state index contributed by atoms with van der Waals surface area (Å²) in [6, 6.07) is 6.43. The molecule has 1 aromatic carbocycles. The van der Waals surface area contributed by atoms with Gasteiger partial charge in [0, 0.05) is 11.9 Å².